The summed E-state index contributed by atoms with van der Waals surface area (Å²) in [6.45, 7) is 1.98. The molecule has 1 saturated carbocycles. The van der Waals surface area contributed by atoms with Gasteiger partial charge in [-0.3, -0.25) is 4.79 Å². The number of aromatic nitrogens is 3. The first-order chi connectivity index (χ1) is 13.2. The molecule has 2 N–H and O–H groups in total. The Morgan fingerprint density at radius 3 is 3.07 bits per heavy atom. The molecule has 1 amide bonds. The van der Waals surface area contributed by atoms with Gasteiger partial charge in [-0.15, -0.1) is 11.3 Å². The number of aryl methyl sites for hydroxylation is 1. The van der Waals surface area contributed by atoms with Crippen LogP contribution in [-0.4, -0.2) is 21.0 Å². The summed E-state index contributed by atoms with van der Waals surface area (Å²) in [4.78, 5) is 22.2. The largest absolute Gasteiger partial charge is 0.361 e. The third-order valence-electron chi connectivity index (χ3n) is 4.81. The lowest BCUT2D eigenvalue weighted by Gasteiger charge is -2.03. The second-order valence-corrected chi connectivity index (χ2v) is 8.15. The molecule has 3 heterocycles. The van der Waals surface area contributed by atoms with Gasteiger partial charge in [-0.1, -0.05) is 23.4 Å². The van der Waals surface area contributed by atoms with Crippen LogP contribution in [0.15, 0.2) is 41.1 Å². The first-order valence-electron chi connectivity index (χ1n) is 8.96. The maximum absolute atomic E-state index is 12.6. The van der Waals surface area contributed by atoms with Crippen LogP contribution >= 0.6 is 11.3 Å². The first kappa shape index (κ1) is 16.3. The van der Waals surface area contributed by atoms with E-state index in [1.54, 1.807) is 11.3 Å². The highest BCUT2D eigenvalue weighted by atomic mass is 32.1. The molecule has 5 rings (SSSR count). The zero-order valence-electron chi connectivity index (χ0n) is 14.8. The number of nitrogens with one attached hydrogen (secondary N) is 2. The molecule has 7 heteroatoms. The molecule has 0 spiro atoms. The third-order valence-corrected chi connectivity index (χ3v) is 5.85. The van der Waals surface area contributed by atoms with Crippen LogP contribution in [0.2, 0.25) is 0 Å². The number of thiophene rings is 1. The molecule has 1 aromatic carbocycles. The van der Waals surface area contributed by atoms with Crippen molar-refractivity contribution in [1.82, 2.24) is 15.1 Å². The number of anilines is 1. The van der Waals surface area contributed by atoms with E-state index in [-0.39, 0.29) is 5.91 Å². The summed E-state index contributed by atoms with van der Waals surface area (Å²) in [6.07, 6.45) is 4.47. The van der Waals surface area contributed by atoms with Gasteiger partial charge in [0.1, 0.15) is 0 Å². The van der Waals surface area contributed by atoms with Crippen LogP contribution in [0.25, 0.3) is 21.6 Å². The quantitative estimate of drug-likeness (QED) is 0.530. The van der Waals surface area contributed by atoms with Gasteiger partial charge >= 0.3 is 0 Å². The van der Waals surface area contributed by atoms with Crippen molar-refractivity contribution in [3.8, 4) is 10.7 Å². The fraction of sp³-hybridized carbons (Fsp3) is 0.250. The van der Waals surface area contributed by atoms with Crippen molar-refractivity contribution in [2.45, 2.75) is 32.1 Å². The normalized spacial score (nSPS) is 14.0. The molecule has 136 valence electrons. The Hall–Kier alpha value is -2.93. The van der Waals surface area contributed by atoms with E-state index in [0.29, 0.717) is 18.2 Å². The summed E-state index contributed by atoms with van der Waals surface area (Å²) in [5, 5.41) is 8.18. The number of hydrogen-bond acceptors (Lipinski definition) is 5. The van der Waals surface area contributed by atoms with Crippen molar-refractivity contribution in [3.63, 3.8) is 0 Å². The number of aromatic amines is 1. The minimum absolute atomic E-state index is 0.0426. The molecule has 1 fully saturated rings. The third kappa shape index (κ3) is 3.14. The molecule has 0 aliphatic heterocycles. The summed E-state index contributed by atoms with van der Waals surface area (Å²) in [5.74, 6) is 1.71. The number of amides is 1. The van der Waals surface area contributed by atoms with E-state index in [9.17, 15) is 4.79 Å². The summed E-state index contributed by atoms with van der Waals surface area (Å²) < 4.78 is 5.34. The van der Waals surface area contributed by atoms with Gasteiger partial charge in [0.2, 0.25) is 17.6 Å². The standard InChI is InChI=1S/C20H18N4O2S/c1-11-16(9-17(27-11)19-23-20(26-24-19)12-6-7-12)22-18(25)8-13-10-21-15-5-3-2-4-14(13)15/h2-5,9-10,12,21H,6-8H2,1H3,(H,22,25). The Kier molecular flexibility index (Phi) is 3.82. The predicted molar refractivity (Wildman–Crippen MR) is 105 cm³/mol. The molecule has 0 saturated heterocycles. The zero-order valence-corrected chi connectivity index (χ0v) is 15.6. The SMILES string of the molecule is Cc1sc(-c2noc(C3CC3)n2)cc1NC(=O)Cc1c[nH]c2ccccc12. The Morgan fingerprint density at radius 1 is 1.37 bits per heavy atom. The summed E-state index contributed by atoms with van der Waals surface area (Å²) in [6, 6.07) is 9.91. The van der Waals surface area contributed by atoms with Gasteiger partial charge < -0.3 is 14.8 Å². The monoisotopic (exact) mass is 378 g/mol. The van der Waals surface area contributed by atoms with Crippen molar-refractivity contribution in [1.29, 1.82) is 0 Å². The average molecular weight is 378 g/mol. The molecular weight excluding hydrogens is 360 g/mol. The lowest BCUT2D eigenvalue weighted by atomic mass is 10.1. The zero-order chi connectivity index (χ0) is 18.4. The number of H-pyrrole nitrogens is 1. The maximum Gasteiger partial charge on any atom is 0.230 e. The number of carbonyl (C=O) groups excluding carboxylic acids is 1. The fourth-order valence-corrected chi connectivity index (χ4v) is 4.09. The summed E-state index contributed by atoms with van der Waals surface area (Å²) in [7, 11) is 0. The molecular formula is C20H18N4O2S. The van der Waals surface area contributed by atoms with E-state index in [1.165, 1.54) is 0 Å². The van der Waals surface area contributed by atoms with Crippen molar-refractivity contribution in [2.24, 2.45) is 0 Å². The molecule has 27 heavy (non-hydrogen) atoms. The van der Waals surface area contributed by atoms with Crippen molar-refractivity contribution in [3.05, 3.63) is 52.9 Å². The number of fused-ring (bicyclic) bond motifs is 1. The van der Waals surface area contributed by atoms with Gasteiger partial charge in [0.15, 0.2) is 0 Å². The van der Waals surface area contributed by atoms with Gasteiger partial charge in [0.05, 0.1) is 17.0 Å². The van der Waals surface area contributed by atoms with E-state index in [4.69, 9.17) is 4.52 Å². The Balaban J connectivity index is 1.32. The lowest BCUT2D eigenvalue weighted by molar-refractivity contribution is -0.115. The van der Waals surface area contributed by atoms with E-state index in [0.717, 1.165) is 50.6 Å². The van der Waals surface area contributed by atoms with Crippen LogP contribution in [0.4, 0.5) is 5.69 Å². The number of nitrogens with zero attached hydrogens (tertiary/aromatic N) is 2. The van der Waals surface area contributed by atoms with Crippen LogP contribution in [0.3, 0.4) is 0 Å². The van der Waals surface area contributed by atoms with E-state index >= 15 is 0 Å². The minimum atomic E-state index is -0.0426. The van der Waals surface area contributed by atoms with Gasteiger partial charge in [-0.05, 0) is 37.5 Å². The molecule has 6 nitrogen and oxygen atoms in total. The number of benzene rings is 1. The number of para-hydroxylation sites is 1. The van der Waals surface area contributed by atoms with Gasteiger partial charge in [-0.2, -0.15) is 4.98 Å². The van der Waals surface area contributed by atoms with Crippen molar-refractivity contribution in [2.75, 3.05) is 5.32 Å². The van der Waals surface area contributed by atoms with Crippen molar-refractivity contribution < 1.29 is 9.32 Å². The van der Waals surface area contributed by atoms with Crippen LogP contribution in [-0.2, 0) is 11.2 Å². The Labute approximate surface area is 159 Å². The molecule has 3 aromatic heterocycles. The summed E-state index contributed by atoms with van der Waals surface area (Å²) >= 11 is 1.56. The second kappa shape index (κ2) is 6.35. The molecule has 4 aromatic rings. The van der Waals surface area contributed by atoms with Crippen LogP contribution < -0.4 is 5.32 Å². The highest BCUT2D eigenvalue weighted by Crippen LogP contribution is 2.40. The fourth-order valence-electron chi connectivity index (χ4n) is 3.19. The minimum Gasteiger partial charge on any atom is -0.361 e. The van der Waals surface area contributed by atoms with Crippen LogP contribution in [0.1, 0.15) is 35.1 Å². The smallest absolute Gasteiger partial charge is 0.230 e. The Morgan fingerprint density at radius 2 is 2.22 bits per heavy atom. The van der Waals surface area contributed by atoms with Gasteiger partial charge in [-0.25, -0.2) is 0 Å². The molecule has 0 atom stereocenters. The van der Waals surface area contributed by atoms with Crippen molar-refractivity contribution >= 4 is 33.8 Å². The molecule has 1 aliphatic rings. The van der Waals surface area contributed by atoms with E-state index in [2.05, 4.69) is 20.4 Å². The topological polar surface area (TPSA) is 83.8 Å². The number of carbonyl (C=O) groups is 1. The molecule has 0 unspecified atom stereocenters. The van der Waals surface area contributed by atoms with E-state index < -0.39 is 0 Å². The lowest BCUT2D eigenvalue weighted by Crippen LogP contribution is -2.14. The summed E-state index contributed by atoms with van der Waals surface area (Å²) in [5.41, 5.74) is 2.83. The van der Waals surface area contributed by atoms with E-state index in [1.807, 2.05) is 43.5 Å². The predicted octanol–water partition coefficient (Wildman–Crippen LogP) is 4.65. The highest BCUT2D eigenvalue weighted by molar-refractivity contribution is 7.16. The van der Waals surface area contributed by atoms with Crippen LogP contribution in [0.5, 0.6) is 0 Å². The van der Waals surface area contributed by atoms with Gasteiger partial charge in [0, 0.05) is 27.9 Å². The van der Waals surface area contributed by atoms with Crippen LogP contribution in [0, 0.1) is 6.92 Å². The maximum atomic E-state index is 12.6. The highest BCUT2D eigenvalue weighted by Gasteiger charge is 2.30. The van der Waals surface area contributed by atoms with Gasteiger partial charge in [0.25, 0.3) is 0 Å². The average Bonchev–Trinajstić information content (AvgIpc) is 3.09. The Bertz CT molecular complexity index is 1140. The molecule has 0 radical (unpaired) electrons. The molecule has 1 aliphatic carbocycles. The number of hydrogen-bond donors (Lipinski definition) is 2. The molecule has 0 bridgehead atoms. The number of rotatable bonds is 5. The second-order valence-electron chi connectivity index (χ2n) is 6.90. The first-order valence-corrected chi connectivity index (χ1v) is 9.78.